The van der Waals surface area contributed by atoms with Crippen molar-refractivity contribution in [1.29, 1.82) is 0 Å². The van der Waals surface area contributed by atoms with Gasteiger partial charge in [-0.05, 0) is 19.1 Å². The zero-order chi connectivity index (χ0) is 19.8. The molecule has 0 amide bonds. The van der Waals surface area contributed by atoms with Gasteiger partial charge in [-0.1, -0.05) is 0 Å². The van der Waals surface area contributed by atoms with Crippen LogP contribution < -0.4 is 14.8 Å². The molecule has 2 aromatic rings. The van der Waals surface area contributed by atoms with Gasteiger partial charge in [-0.2, -0.15) is 8.78 Å². The summed E-state index contributed by atoms with van der Waals surface area (Å²) < 4.78 is 37.3. The number of aromatic nitrogens is 2. The maximum Gasteiger partial charge on any atom is 0.319 e. The van der Waals surface area contributed by atoms with E-state index in [0.717, 1.165) is 10.1 Å². The predicted octanol–water partition coefficient (Wildman–Crippen LogP) is 2.89. The van der Waals surface area contributed by atoms with Gasteiger partial charge in [0.15, 0.2) is 5.96 Å². The van der Waals surface area contributed by atoms with E-state index in [1.165, 1.54) is 12.4 Å². The summed E-state index contributed by atoms with van der Waals surface area (Å²) in [6.07, 6.45) is 2.59. The third-order valence-electron chi connectivity index (χ3n) is 3.93. The van der Waals surface area contributed by atoms with Crippen molar-refractivity contribution in [3.63, 3.8) is 0 Å². The van der Waals surface area contributed by atoms with Crippen LogP contribution in [0, 0.1) is 0 Å². The summed E-state index contributed by atoms with van der Waals surface area (Å²) in [5, 5.41) is 3.16. The highest BCUT2D eigenvalue weighted by Crippen LogP contribution is 2.25. The summed E-state index contributed by atoms with van der Waals surface area (Å²) in [4.78, 5) is 10.3. The lowest BCUT2D eigenvalue weighted by atomic mass is 10.2. The summed E-state index contributed by atoms with van der Waals surface area (Å²) in [7, 11) is 5.06. The van der Waals surface area contributed by atoms with Gasteiger partial charge in [-0.25, -0.2) is 9.98 Å². The Balaban J connectivity index is 2.17. The smallest absolute Gasteiger partial charge is 0.319 e. The average Bonchev–Trinajstić information content (AvgIpc) is 3.14. The third-order valence-corrected chi connectivity index (χ3v) is 3.93. The fraction of sp³-hybridized carbons (Fsp3) is 0.444. The van der Waals surface area contributed by atoms with E-state index in [1.54, 1.807) is 14.2 Å². The monoisotopic (exact) mass is 381 g/mol. The molecule has 0 unspecified atom stereocenters. The number of alkyl halides is 2. The molecule has 9 heteroatoms. The summed E-state index contributed by atoms with van der Waals surface area (Å²) in [6.45, 7) is 0.511. The molecule has 148 valence electrons. The van der Waals surface area contributed by atoms with Crippen LogP contribution in [0.15, 0.2) is 35.6 Å². The molecule has 1 N–H and O–H groups in total. The van der Waals surface area contributed by atoms with Gasteiger partial charge in [-0.15, -0.1) is 0 Å². The van der Waals surface area contributed by atoms with Crippen LogP contribution in [-0.2, 0) is 13.1 Å². The number of nitrogens with zero attached hydrogens (tertiary/aromatic N) is 4. The molecule has 0 bridgehead atoms. The Morgan fingerprint density at radius 3 is 2.74 bits per heavy atom. The maximum absolute atomic E-state index is 12.9. The highest BCUT2D eigenvalue weighted by Gasteiger charge is 2.14. The van der Waals surface area contributed by atoms with Gasteiger partial charge >= 0.3 is 6.55 Å². The van der Waals surface area contributed by atoms with Crippen molar-refractivity contribution >= 4 is 5.96 Å². The first-order valence-electron chi connectivity index (χ1n) is 8.50. The zero-order valence-corrected chi connectivity index (χ0v) is 15.9. The molecule has 0 aliphatic rings. The van der Waals surface area contributed by atoms with E-state index in [-0.39, 0.29) is 12.4 Å². The second kappa shape index (κ2) is 9.75. The van der Waals surface area contributed by atoms with E-state index >= 15 is 0 Å². The summed E-state index contributed by atoms with van der Waals surface area (Å²) in [6, 6.07) is 5.59. The number of nitrogens with one attached hydrogen (secondary N) is 1. The van der Waals surface area contributed by atoms with Crippen LogP contribution >= 0.6 is 0 Å². The van der Waals surface area contributed by atoms with E-state index in [1.807, 2.05) is 37.1 Å². The number of rotatable bonds is 8. The van der Waals surface area contributed by atoms with E-state index < -0.39 is 6.55 Å². The van der Waals surface area contributed by atoms with Gasteiger partial charge in [0, 0.05) is 44.2 Å². The Kier molecular flexibility index (Phi) is 7.39. The second-order valence-electron chi connectivity index (χ2n) is 5.73. The second-order valence-corrected chi connectivity index (χ2v) is 5.73. The number of halogens is 2. The molecule has 0 saturated carbocycles. The number of guanidine groups is 1. The van der Waals surface area contributed by atoms with E-state index in [4.69, 9.17) is 9.47 Å². The Hall–Kier alpha value is -2.84. The fourth-order valence-electron chi connectivity index (χ4n) is 2.57. The van der Waals surface area contributed by atoms with Crippen molar-refractivity contribution in [2.45, 2.75) is 26.6 Å². The fourth-order valence-corrected chi connectivity index (χ4v) is 2.57. The molecule has 1 aromatic heterocycles. The highest BCUT2D eigenvalue weighted by atomic mass is 19.3. The van der Waals surface area contributed by atoms with Crippen molar-refractivity contribution < 1.29 is 18.3 Å². The summed E-state index contributed by atoms with van der Waals surface area (Å²) in [5.74, 6) is 2.19. The van der Waals surface area contributed by atoms with E-state index in [9.17, 15) is 8.78 Å². The zero-order valence-electron chi connectivity index (χ0n) is 15.9. The molecule has 7 nitrogen and oxygen atoms in total. The molecule has 1 aromatic carbocycles. The van der Waals surface area contributed by atoms with Gasteiger partial charge in [0.25, 0.3) is 0 Å². The number of hydrogen-bond donors (Lipinski definition) is 1. The predicted molar refractivity (Wildman–Crippen MR) is 99.3 cm³/mol. The number of hydrogen-bond acceptors (Lipinski definition) is 4. The number of benzene rings is 1. The van der Waals surface area contributed by atoms with Crippen molar-refractivity contribution in [3.05, 3.63) is 42.0 Å². The lowest BCUT2D eigenvalue weighted by Gasteiger charge is -2.23. The Morgan fingerprint density at radius 2 is 2.11 bits per heavy atom. The largest absolute Gasteiger partial charge is 0.497 e. The van der Waals surface area contributed by atoms with Crippen LogP contribution in [0.5, 0.6) is 11.5 Å². The van der Waals surface area contributed by atoms with E-state index in [0.29, 0.717) is 30.5 Å². The van der Waals surface area contributed by atoms with Crippen LogP contribution in [0.1, 0.15) is 24.9 Å². The Bertz CT molecular complexity index is 764. The first kappa shape index (κ1) is 20.5. The minimum atomic E-state index is -2.64. The van der Waals surface area contributed by atoms with Crippen LogP contribution in [0.4, 0.5) is 8.78 Å². The minimum absolute atomic E-state index is 0.0454. The summed E-state index contributed by atoms with van der Waals surface area (Å²) >= 11 is 0. The lowest BCUT2D eigenvalue weighted by Crippen LogP contribution is -2.38. The SMILES string of the molecule is CCNC(=NCc1nccn1C(F)F)N(C)Cc1ccc(OC)cc1OC. The molecule has 0 saturated heterocycles. The maximum atomic E-state index is 12.9. The van der Waals surface area contributed by atoms with Gasteiger partial charge in [-0.3, -0.25) is 4.57 Å². The van der Waals surface area contributed by atoms with Crippen LogP contribution in [0.3, 0.4) is 0 Å². The van der Waals surface area contributed by atoms with Gasteiger partial charge in [0.2, 0.25) is 0 Å². The quantitative estimate of drug-likeness (QED) is 0.563. The topological polar surface area (TPSA) is 63.9 Å². The Morgan fingerprint density at radius 1 is 1.33 bits per heavy atom. The number of aliphatic imine (C=N–C) groups is 1. The van der Waals surface area contributed by atoms with Crippen molar-refractivity contribution in [2.75, 3.05) is 27.8 Å². The van der Waals surface area contributed by atoms with Crippen molar-refractivity contribution in [3.8, 4) is 11.5 Å². The normalized spacial score (nSPS) is 11.6. The van der Waals surface area contributed by atoms with Gasteiger partial charge in [0.1, 0.15) is 23.9 Å². The third kappa shape index (κ3) is 5.32. The lowest BCUT2D eigenvalue weighted by molar-refractivity contribution is 0.0671. The Labute approximate surface area is 157 Å². The molecule has 27 heavy (non-hydrogen) atoms. The standard InChI is InChI=1S/C18H25F2N5O2/c1-5-21-18(23-11-16-22-8-9-25(16)17(19)20)24(2)12-13-6-7-14(26-3)10-15(13)27-4/h6-10,17H,5,11-12H2,1-4H3,(H,21,23). The summed E-state index contributed by atoms with van der Waals surface area (Å²) in [5.41, 5.74) is 0.945. The number of ether oxygens (including phenoxy) is 2. The molecule has 2 rings (SSSR count). The first-order valence-corrected chi connectivity index (χ1v) is 8.50. The van der Waals surface area contributed by atoms with Crippen LogP contribution in [-0.4, -0.2) is 48.2 Å². The molecular weight excluding hydrogens is 356 g/mol. The van der Waals surface area contributed by atoms with E-state index in [2.05, 4.69) is 15.3 Å². The van der Waals surface area contributed by atoms with Gasteiger partial charge in [0.05, 0.1) is 14.2 Å². The van der Waals surface area contributed by atoms with Crippen LogP contribution in [0.25, 0.3) is 0 Å². The molecule has 1 heterocycles. The van der Waals surface area contributed by atoms with Crippen molar-refractivity contribution in [1.82, 2.24) is 19.8 Å². The molecule has 0 atom stereocenters. The van der Waals surface area contributed by atoms with Crippen LogP contribution in [0.2, 0.25) is 0 Å². The van der Waals surface area contributed by atoms with Gasteiger partial charge < -0.3 is 19.7 Å². The first-order chi connectivity index (χ1) is 13.0. The molecule has 0 spiro atoms. The molecule has 0 aliphatic carbocycles. The number of methoxy groups -OCH3 is 2. The molecule has 0 fully saturated rings. The average molecular weight is 381 g/mol. The molecule has 0 radical (unpaired) electrons. The molecule has 0 aliphatic heterocycles. The van der Waals surface area contributed by atoms with Crippen molar-refractivity contribution in [2.24, 2.45) is 4.99 Å². The molecular formula is C18H25F2N5O2. The number of imidazole rings is 1. The highest BCUT2D eigenvalue weighted by molar-refractivity contribution is 5.79. The minimum Gasteiger partial charge on any atom is -0.497 e.